The van der Waals surface area contributed by atoms with E-state index in [1.165, 1.54) is 169 Å². The summed E-state index contributed by atoms with van der Waals surface area (Å²) in [6, 6.07) is 23.1. The number of nitrogen functional groups attached to an aromatic ring is 1. The maximum absolute atomic E-state index is 12.3. The van der Waals surface area contributed by atoms with Crippen LogP contribution in [0.25, 0.3) is 4.85 Å². The number of carbonyl (C=O) groups is 1. The molecule has 0 unspecified atom stereocenters. The van der Waals surface area contributed by atoms with E-state index in [2.05, 4.69) is 185 Å². The second kappa shape index (κ2) is 41.4. The smallest absolute Gasteiger partial charge is 0.303 e. The molecule has 15 rings (SSSR count). The number of piperidine rings is 6. The van der Waals surface area contributed by atoms with Gasteiger partial charge in [0.05, 0.1) is 22.8 Å². The van der Waals surface area contributed by atoms with Gasteiger partial charge in [-0.05, 0) is 300 Å². The van der Waals surface area contributed by atoms with E-state index in [-0.39, 0.29) is 29.7 Å². The fourth-order valence-electron chi connectivity index (χ4n) is 18.5. The summed E-state index contributed by atoms with van der Waals surface area (Å²) in [6.07, 6.45) is 25.1. The van der Waals surface area contributed by atoms with Crippen LogP contribution in [-0.2, 0) is 46.3 Å². The normalized spacial score (nSPS) is 20.2. The minimum absolute atomic E-state index is 0. The Balaban J connectivity index is 0.000000157. The molecule has 3 aromatic heterocycles. The Morgan fingerprint density at radius 3 is 1.18 bits per heavy atom. The summed E-state index contributed by atoms with van der Waals surface area (Å²) in [4.78, 5) is 58.7. The third-order valence-electron chi connectivity index (χ3n) is 26.2. The van der Waals surface area contributed by atoms with Crippen LogP contribution in [0.5, 0.6) is 0 Å². The molecule has 0 atom stereocenters. The number of primary amides is 1. The van der Waals surface area contributed by atoms with Gasteiger partial charge in [0.2, 0.25) is 0 Å². The quantitative estimate of drug-likeness (QED) is 0.0323. The zero-order valence-corrected chi connectivity index (χ0v) is 73.7. The van der Waals surface area contributed by atoms with Crippen LogP contribution in [0.3, 0.4) is 0 Å². The van der Waals surface area contributed by atoms with Gasteiger partial charge in [-0.2, -0.15) is 5.26 Å². The first-order chi connectivity index (χ1) is 54.7. The molecule has 0 bridgehead atoms. The van der Waals surface area contributed by atoms with Crippen molar-refractivity contribution in [3.63, 3.8) is 0 Å². The lowest BCUT2D eigenvalue weighted by Gasteiger charge is -2.47. The first-order valence-electron chi connectivity index (χ1n) is 42.5. The highest BCUT2D eigenvalue weighted by Crippen LogP contribution is 2.46. The summed E-state index contributed by atoms with van der Waals surface area (Å²) in [5.74, 6) is 2.18. The van der Waals surface area contributed by atoms with Crippen molar-refractivity contribution >= 4 is 91.8 Å². The first-order valence-corrected chi connectivity index (χ1v) is 43.3. The number of halogens is 2. The largest absolute Gasteiger partial charge is 0.399 e. The molecule has 6 aromatic rings. The van der Waals surface area contributed by atoms with Crippen LogP contribution in [-0.4, -0.2) is 208 Å². The number of hydrogen-bond acceptors (Lipinski definition) is 21. The van der Waals surface area contributed by atoms with E-state index in [1.807, 2.05) is 19.9 Å². The number of ether oxygens (including phenoxy) is 3. The maximum Gasteiger partial charge on any atom is 0.303 e. The SMILES string of the molecule is CCc1nc(C#N)c(Cc2ccc(N3CCC4(CCN(C)CC4)CC3)c(C)c2)nc1NC1CCOCC1.CCc1nc(C(N)=O)c(Cc2ccc(N3CCC4(CCN(C)CC4)CC3)c(C)c2)nc1NC1CCOCC1.Cc1cc(N)ccc1N1CCC2(CCN(C)CC2)CC1.I.[C-]#[N+]c1nc(CC)c(NC2CCOCC2)nc1Br. The van der Waals surface area contributed by atoms with Gasteiger partial charge >= 0.3 is 5.82 Å². The molecule has 1 amide bonds. The highest BCUT2D eigenvalue weighted by molar-refractivity contribution is 14.0. The zero-order valence-electron chi connectivity index (χ0n) is 69.8. The lowest BCUT2D eigenvalue weighted by Crippen LogP contribution is -2.46. The van der Waals surface area contributed by atoms with Gasteiger partial charge in [0.1, 0.15) is 28.0 Å². The number of likely N-dealkylation sites (tertiary alicyclic amines) is 3. The molecule has 9 aliphatic rings. The van der Waals surface area contributed by atoms with Crippen molar-refractivity contribution in [1.29, 1.82) is 5.26 Å². The molecule has 25 heteroatoms. The van der Waals surface area contributed by atoms with Crippen LogP contribution in [0.15, 0.2) is 59.2 Å². The van der Waals surface area contributed by atoms with Crippen molar-refractivity contribution in [2.24, 2.45) is 22.0 Å². The molecule has 0 saturated carbocycles. The van der Waals surface area contributed by atoms with Gasteiger partial charge in [0.15, 0.2) is 17.2 Å². The van der Waals surface area contributed by atoms with E-state index < -0.39 is 5.91 Å². The number of nitriles is 1. The average molecular weight is 1740 g/mol. The second-order valence-corrected chi connectivity index (χ2v) is 34.8. The summed E-state index contributed by atoms with van der Waals surface area (Å²) in [6.45, 7) is 38.8. The third kappa shape index (κ3) is 23.0. The molecule has 3 spiro atoms. The monoisotopic (exact) mass is 1730 g/mol. The van der Waals surface area contributed by atoms with Gasteiger partial charge in [-0.25, -0.2) is 24.9 Å². The van der Waals surface area contributed by atoms with Gasteiger partial charge in [-0.15, -0.1) is 29.0 Å². The van der Waals surface area contributed by atoms with Gasteiger partial charge < -0.3 is 75.9 Å². The molecule has 3 aromatic carbocycles. The number of anilines is 7. The van der Waals surface area contributed by atoms with Gasteiger partial charge in [-0.3, -0.25) is 4.79 Å². The van der Waals surface area contributed by atoms with Crippen LogP contribution in [0.1, 0.15) is 209 Å². The molecule has 12 heterocycles. The van der Waals surface area contributed by atoms with Crippen LogP contribution < -0.4 is 42.1 Å². The number of nitrogens with one attached hydrogen (secondary N) is 3. The Hall–Kier alpha value is -7.08. The van der Waals surface area contributed by atoms with Crippen molar-refractivity contribution in [1.82, 2.24) is 44.6 Å². The number of hydrogen-bond donors (Lipinski definition) is 5. The molecule has 9 fully saturated rings. The Labute approximate surface area is 705 Å². The molecule has 0 radical (unpaired) electrons. The number of nitrogens with zero attached hydrogens (tertiary/aromatic N) is 14. The standard InChI is InChI=1S/C30H44N6O2.C30H42N6O.C17H27N3.C12H15BrN4O.HI/c1-4-24-29(32-23-7-17-38-18-8-23)34-25(27(33-24)28(31)37)20-22-5-6-26(21(2)19-22)36-15-11-30(12-16-36)9-13-35(3)14-10-30;1-4-25-29(32-24-7-17-37-18-8-24)34-26(27(21-31)33-25)20-23-5-6-28(22(2)19-23)36-15-11-30(12-16-36)9-13-35(3)14-10-30;1-14-13-15(18)3-4-16(14)20-11-7-17(8-12-20)5-9-19(2)10-6-17;1-3-9-11(15-8-4-6-18-7-5-8)17-10(13)12(14-2)16-9;/h5-6,19,23H,4,7-18,20H2,1-3H3,(H2,31,37)(H,32,34);5-6,19,24H,4,7-18,20H2,1-3H3,(H,32,34);3-4,13H,5-12,18H2,1-2H3;8H,3-7H2,1H3,(H,15,17);1H. The lowest BCUT2D eigenvalue weighted by atomic mass is 9.71. The fourth-order valence-corrected chi connectivity index (χ4v) is 18.8. The minimum Gasteiger partial charge on any atom is -0.399 e. The Bertz CT molecular complexity index is 4210. The summed E-state index contributed by atoms with van der Waals surface area (Å²) in [5, 5.41) is 20.4. The first kappa shape index (κ1) is 87.7. The van der Waals surface area contributed by atoms with Crippen molar-refractivity contribution in [2.45, 2.75) is 207 Å². The summed E-state index contributed by atoms with van der Waals surface area (Å²) in [7, 11) is 6.74. The summed E-state index contributed by atoms with van der Waals surface area (Å²) in [5.41, 5.74) is 29.0. The van der Waals surface area contributed by atoms with Crippen LogP contribution in [0.4, 0.5) is 46.0 Å². The van der Waals surface area contributed by atoms with Crippen molar-refractivity contribution < 1.29 is 19.0 Å². The van der Waals surface area contributed by atoms with E-state index in [4.69, 9.17) is 47.2 Å². The average Bonchev–Trinajstić information content (AvgIpc) is 0.806. The maximum atomic E-state index is 12.3. The Kier molecular flexibility index (Phi) is 31.8. The zero-order chi connectivity index (χ0) is 79.7. The molecular weight excluding hydrogens is 1610 g/mol. The van der Waals surface area contributed by atoms with Crippen LogP contribution in [0, 0.1) is 54.9 Å². The highest BCUT2D eigenvalue weighted by atomic mass is 127. The van der Waals surface area contributed by atoms with E-state index in [0.29, 0.717) is 75.4 Å². The van der Waals surface area contributed by atoms with E-state index in [9.17, 15) is 10.1 Å². The second-order valence-electron chi connectivity index (χ2n) is 34.0. The summed E-state index contributed by atoms with van der Waals surface area (Å²) < 4.78 is 16.8. The van der Waals surface area contributed by atoms with E-state index >= 15 is 0 Å². The Morgan fingerprint density at radius 1 is 0.500 bits per heavy atom. The molecule has 9 saturated heterocycles. The summed E-state index contributed by atoms with van der Waals surface area (Å²) >= 11 is 3.28. The predicted molar refractivity (Wildman–Crippen MR) is 475 cm³/mol. The highest BCUT2D eigenvalue weighted by Gasteiger charge is 2.40. The van der Waals surface area contributed by atoms with E-state index in [1.54, 1.807) is 0 Å². The number of amides is 1. The molecule has 9 aliphatic heterocycles. The van der Waals surface area contributed by atoms with Crippen molar-refractivity contribution in [3.8, 4) is 6.07 Å². The molecular formula is C89H129BrIN19O4. The number of rotatable bonds is 17. The number of carbonyl (C=O) groups excluding carboxylic acids is 1. The number of benzene rings is 3. The Morgan fingerprint density at radius 2 is 0.833 bits per heavy atom. The minimum atomic E-state index is -0.524. The number of nitrogens with two attached hydrogens (primary N) is 2. The number of aromatic nitrogens is 6. The van der Waals surface area contributed by atoms with Gasteiger partial charge in [0, 0.05) is 139 Å². The van der Waals surface area contributed by atoms with Crippen LogP contribution in [0.2, 0.25) is 0 Å². The van der Waals surface area contributed by atoms with E-state index in [0.717, 1.165) is 169 Å². The number of aryl methyl sites for hydroxylation is 6. The van der Waals surface area contributed by atoms with Crippen molar-refractivity contribution in [3.05, 3.63) is 138 Å². The predicted octanol–water partition coefficient (Wildman–Crippen LogP) is 15.1. The fraction of sp³-hybridized carbons (Fsp3) is 0.629. The topological polar surface area (TPSA) is 258 Å². The van der Waals surface area contributed by atoms with Gasteiger partial charge in [0.25, 0.3) is 5.91 Å². The third-order valence-corrected chi connectivity index (χ3v) is 26.8. The molecule has 114 heavy (non-hydrogen) atoms. The molecule has 0 aliphatic carbocycles. The molecule has 23 nitrogen and oxygen atoms in total. The van der Waals surface area contributed by atoms with Gasteiger partial charge in [-0.1, -0.05) is 51.6 Å². The van der Waals surface area contributed by atoms with Crippen LogP contribution >= 0.6 is 39.9 Å². The molecule has 618 valence electrons. The lowest BCUT2D eigenvalue weighted by molar-refractivity contribution is 0.0902. The van der Waals surface area contributed by atoms with Crippen molar-refractivity contribution in [2.75, 3.05) is 176 Å². The molecule has 7 N–H and O–H groups in total.